The van der Waals surface area contributed by atoms with E-state index < -0.39 is 17.5 Å². The van der Waals surface area contributed by atoms with Gasteiger partial charge in [0, 0.05) is 3.57 Å². The fourth-order valence-corrected chi connectivity index (χ4v) is 2.15. The summed E-state index contributed by atoms with van der Waals surface area (Å²) < 4.78 is 27.4. The summed E-state index contributed by atoms with van der Waals surface area (Å²) in [7, 11) is 0. The first kappa shape index (κ1) is 13.7. The number of amides is 1. The highest BCUT2D eigenvalue weighted by atomic mass is 127. The van der Waals surface area contributed by atoms with Gasteiger partial charge in [0.25, 0.3) is 5.91 Å². The molecule has 19 heavy (non-hydrogen) atoms. The average Bonchev–Trinajstić information content (AvgIpc) is 2.39. The summed E-state index contributed by atoms with van der Waals surface area (Å²) >= 11 is 1.98. The number of rotatable bonds is 2. The highest BCUT2D eigenvalue weighted by Gasteiger charge is 2.16. The number of nitrogens with two attached hydrogens (primary N) is 1. The van der Waals surface area contributed by atoms with Crippen molar-refractivity contribution in [3.05, 3.63) is 57.2 Å². The van der Waals surface area contributed by atoms with Gasteiger partial charge in [0.05, 0.1) is 11.3 Å². The Morgan fingerprint density at radius 1 is 1.16 bits per heavy atom. The molecule has 0 aliphatic carbocycles. The van der Waals surface area contributed by atoms with Gasteiger partial charge in [-0.25, -0.2) is 8.78 Å². The zero-order valence-corrected chi connectivity index (χ0v) is 11.7. The maximum absolute atomic E-state index is 13.6. The number of anilines is 2. The van der Waals surface area contributed by atoms with Gasteiger partial charge in [-0.3, -0.25) is 4.79 Å². The van der Waals surface area contributed by atoms with E-state index in [-0.39, 0.29) is 11.4 Å². The zero-order valence-electron chi connectivity index (χ0n) is 9.58. The van der Waals surface area contributed by atoms with Crippen LogP contribution in [0.15, 0.2) is 36.4 Å². The first-order valence-corrected chi connectivity index (χ1v) is 6.38. The van der Waals surface area contributed by atoms with E-state index in [0.29, 0.717) is 9.13 Å². The van der Waals surface area contributed by atoms with E-state index in [4.69, 9.17) is 5.73 Å². The summed E-state index contributed by atoms with van der Waals surface area (Å²) in [6.45, 7) is 0. The molecule has 3 nitrogen and oxygen atoms in total. The van der Waals surface area contributed by atoms with Crippen LogP contribution in [-0.4, -0.2) is 5.91 Å². The summed E-state index contributed by atoms with van der Waals surface area (Å²) in [6.07, 6.45) is 0. The number of nitrogen functional groups attached to an aromatic ring is 1. The minimum absolute atomic E-state index is 0.0295. The van der Waals surface area contributed by atoms with Gasteiger partial charge in [0.1, 0.15) is 5.69 Å². The Labute approximate surface area is 121 Å². The molecule has 2 rings (SSSR count). The molecule has 0 saturated carbocycles. The topological polar surface area (TPSA) is 55.1 Å². The van der Waals surface area contributed by atoms with Gasteiger partial charge >= 0.3 is 0 Å². The van der Waals surface area contributed by atoms with Gasteiger partial charge in [0.2, 0.25) is 0 Å². The molecule has 6 heteroatoms. The molecule has 0 atom stereocenters. The molecule has 0 radical (unpaired) electrons. The molecule has 3 N–H and O–H groups in total. The van der Waals surface area contributed by atoms with E-state index in [0.717, 1.165) is 6.07 Å². The number of hydrogen-bond donors (Lipinski definition) is 2. The normalized spacial score (nSPS) is 10.3. The number of carbonyl (C=O) groups excluding carboxylic acids is 1. The Bertz CT molecular complexity index is 647. The lowest BCUT2D eigenvalue weighted by molar-refractivity contribution is 0.102. The van der Waals surface area contributed by atoms with Gasteiger partial charge in [-0.05, 0) is 46.9 Å². The van der Waals surface area contributed by atoms with Crippen molar-refractivity contribution in [2.45, 2.75) is 0 Å². The maximum Gasteiger partial charge on any atom is 0.256 e. The molecule has 0 fully saturated rings. The standard InChI is InChI=1S/C13H9F2IN2O/c14-8-5-6-10(17)12(11(8)15)18-13(19)7-3-1-2-4-9(7)16/h1-6H,17H2,(H,18,19). The van der Waals surface area contributed by atoms with Crippen molar-refractivity contribution in [1.29, 1.82) is 0 Å². The molecule has 0 heterocycles. The second kappa shape index (κ2) is 5.52. The molecule has 0 aliphatic rings. The summed E-state index contributed by atoms with van der Waals surface area (Å²) in [5, 5.41) is 2.29. The summed E-state index contributed by atoms with van der Waals surface area (Å²) in [4.78, 5) is 12.0. The van der Waals surface area contributed by atoms with Crippen molar-refractivity contribution < 1.29 is 13.6 Å². The van der Waals surface area contributed by atoms with Crippen LogP contribution in [-0.2, 0) is 0 Å². The Morgan fingerprint density at radius 2 is 1.84 bits per heavy atom. The predicted octanol–water partition coefficient (Wildman–Crippen LogP) is 3.40. The monoisotopic (exact) mass is 374 g/mol. The lowest BCUT2D eigenvalue weighted by Crippen LogP contribution is -2.16. The van der Waals surface area contributed by atoms with Crippen molar-refractivity contribution >= 4 is 39.9 Å². The molecule has 0 aromatic heterocycles. The Morgan fingerprint density at radius 3 is 2.53 bits per heavy atom. The third-order valence-corrected chi connectivity index (χ3v) is 3.42. The van der Waals surface area contributed by atoms with Crippen molar-refractivity contribution in [3.8, 4) is 0 Å². The van der Waals surface area contributed by atoms with Gasteiger partial charge in [-0.2, -0.15) is 0 Å². The van der Waals surface area contributed by atoms with Crippen molar-refractivity contribution in [2.75, 3.05) is 11.1 Å². The van der Waals surface area contributed by atoms with Gasteiger partial charge < -0.3 is 11.1 Å². The number of nitrogens with one attached hydrogen (secondary N) is 1. The first-order chi connectivity index (χ1) is 9.00. The number of benzene rings is 2. The second-order valence-electron chi connectivity index (χ2n) is 3.76. The van der Waals surface area contributed by atoms with E-state index >= 15 is 0 Å². The Kier molecular flexibility index (Phi) is 3.98. The number of hydrogen-bond acceptors (Lipinski definition) is 2. The van der Waals surface area contributed by atoms with Gasteiger partial charge in [0.15, 0.2) is 11.6 Å². The minimum atomic E-state index is -1.17. The largest absolute Gasteiger partial charge is 0.397 e. The molecule has 0 spiro atoms. The highest BCUT2D eigenvalue weighted by Crippen LogP contribution is 2.25. The molecule has 0 unspecified atom stereocenters. The number of carbonyl (C=O) groups is 1. The third-order valence-electron chi connectivity index (χ3n) is 2.48. The summed E-state index contributed by atoms with van der Waals surface area (Å²) in [5.74, 6) is -2.77. The van der Waals surface area contributed by atoms with E-state index in [1.165, 1.54) is 6.07 Å². The minimum Gasteiger partial charge on any atom is -0.397 e. The lowest BCUT2D eigenvalue weighted by Gasteiger charge is -2.10. The Balaban J connectivity index is 2.35. The van der Waals surface area contributed by atoms with Crippen LogP contribution in [0.25, 0.3) is 0 Å². The zero-order chi connectivity index (χ0) is 14.0. The fourth-order valence-electron chi connectivity index (χ4n) is 1.52. The molecular formula is C13H9F2IN2O. The first-order valence-electron chi connectivity index (χ1n) is 5.30. The fraction of sp³-hybridized carbons (Fsp3) is 0. The van der Waals surface area contributed by atoms with Crippen molar-refractivity contribution in [1.82, 2.24) is 0 Å². The highest BCUT2D eigenvalue weighted by molar-refractivity contribution is 14.1. The third kappa shape index (κ3) is 2.83. The summed E-state index contributed by atoms with van der Waals surface area (Å²) in [5.41, 5.74) is 5.53. The summed E-state index contributed by atoms with van der Waals surface area (Å²) in [6, 6.07) is 8.89. The lowest BCUT2D eigenvalue weighted by atomic mass is 10.2. The maximum atomic E-state index is 13.6. The predicted molar refractivity (Wildman–Crippen MR) is 77.9 cm³/mol. The molecular weight excluding hydrogens is 365 g/mol. The molecule has 0 bridgehead atoms. The van der Waals surface area contributed by atoms with Crippen LogP contribution in [0.5, 0.6) is 0 Å². The van der Waals surface area contributed by atoms with Crippen molar-refractivity contribution in [2.24, 2.45) is 0 Å². The van der Waals surface area contributed by atoms with Crippen LogP contribution in [0.2, 0.25) is 0 Å². The molecule has 2 aromatic rings. The Hall–Kier alpha value is -1.70. The van der Waals surface area contributed by atoms with Crippen LogP contribution in [0, 0.1) is 15.2 Å². The SMILES string of the molecule is Nc1ccc(F)c(F)c1NC(=O)c1ccccc1I. The van der Waals surface area contributed by atoms with E-state index in [1.54, 1.807) is 24.3 Å². The van der Waals surface area contributed by atoms with E-state index in [2.05, 4.69) is 5.32 Å². The quantitative estimate of drug-likeness (QED) is 0.626. The van der Waals surface area contributed by atoms with Gasteiger partial charge in [-0.15, -0.1) is 0 Å². The van der Waals surface area contributed by atoms with Crippen molar-refractivity contribution in [3.63, 3.8) is 0 Å². The second-order valence-corrected chi connectivity index (χ2v) is 4.92. The molecule has 98 valence electrons. The molecule has 2 aromatic carbocycles. The molecule has 0 aliphatic heterocycles. The molecule has 1 amide bonds. The van der Waals surface area contributed by atoms with Crippen LogP contribution in [0.1, 0.15) is 10.4 Å². The number of halogens is 3. The van der Waals surface area contributed by atoms with E-state index in [1.807, 2.05) is 22.6 Å². The van der Waals surface area contributed by atoms with Gasteiger partial charge in [-0.1, -0.05) is 12.1 Å². The molecule has 0 saturated heterocycles. The van der Waals surface area contributed by atoms with Crippen LogP contribution >= 0.6 is 22.6 Å². The van der Waals surface area contributed by atoms with E-state index in [9.17, 15) is 13.6 Å². The van der Waals surface area contributed by atoms with Crippen LogP contribution < -0.4 is 11.1 Å². The van der Waals surface area contributed by atoms with Crippen LogP contribution in [0.4, 0.5) is 20.2 Å². The average molecular weight is 374 g/mol. The van der Waals surface area contributed by atoms with Crippen LogP contribution in [0.3, 0.4) is 0 Å². The smallest absolute Gasteiger partial charge is 0.256 e.